The van der Waals surface area contributed by atoms with Gasteiger partial charge in [0.1, 0.15) is 17.3 Å². The zero-order valence-corrected chi connectivity index (χ0v) is 15.2. The largest absolute Gasteiger partial charge is 0.467 e. The molecule has 144 valence electrons. The van der Waals surface area contributed by atoms with Crippen molar-refractivity contribution in [1.29, 1.82) is 0 Å². The minimum absolute atomic E-state index is 0.198. The molecule has 1 aliphatic heterocycles. The number of nitrogens with one attached hydrogen (secondary N) is 2. The molecule has 0 aromatic carbocycles. The van der Waals surface area contributed by atoms with Crippen molar-refractivity contribution in [1.82, 2.24) is 20.2 Å². The van der Waals surface area contributed by atoms with Crippen molar-refractivity contribution in [3.63, 3.8) is 0 Å². The number of amides is 2. The first-order valence-corrected chi connectivity index (χ1v) is 8.96. The lowest BCUT2D eigenvalue weighted by molar-refractivity contribution is 0.0941. The van der Waals surface area contributed by atoms with Crippen molar-refractivity contribution in [3.05, 3.63) is 42.2 Å². The van der Waals surface area contributed by atoms with Crippen LogP contribution >= 0.6 is 0 Å². The highest BCUT2D eigenvalue weighted by molar-refractivity contribution is 5.91. The molecule has 0 aliphatic carbocycles. The van der Waals surface area contributed by atoms with Crippen LogP contribution in [0.25, 0.3) is 0 Å². The van der Waals surface area contributed by atoms with Gasteiger partial charge in [-0.15, -0.1) is 0 Å². The molecule has 0 bridgehead atoms. The van der Waals surface area contributed by atoms with E-state index in [0.717, 1.165) is 12.8 Å². The lowest BCUT2D eigenvalue weighted by Crippen LogP contribution is -2.42. The molecule has 1 aliphatic rings. The summed E-state index contributed by atoms with van der Waals surface area (Å²) >= 11 is 0. The molecule has 2 N–H and O–H groups in total. The van der Waals surface area contributed by atoms with Gasteiger partial charge in [-0.2, -0.15) is 0 Å². The third-order valence-corrected chi connectivity index (χ3v) is 4.26. The monoisotopic (exact) mass is 373 g/mol. The van der Waals surface area contributed by atoms with Crippen LogP contribution in [-0.2, 0) is 11.3 Å². The molecule has 0 saturated carbocycles. The Labute approximate surface area is 157 Å². The van der Waals surface area contributed by atoms with Crippen LogP contribution in [-0.4, -0.2) is 52.6 Å². The number of likely N-dealkylation sites (tertiary alicyclic amines) is 1. The topological polar surface area (TPSA) is 110 Å². The summed E-state index contributed by atoms with van der Waals surface area (Å²) in [4.78, 5) is 33.9. The third kappa shape index (κ3) is 5.19. The van der Waals surface area contributed by atoms with Gasteiger partial charge in [0.2, 0.25) is 0 Å². The van der Waals surface area contributed by atoms with E-state index >= 15 is 0 Å². The molecular formula is C18H23N5O4. The van der Waals surface area contributed by atoms with Crippen LogP contribution in [0, 0.1) is 0 Å². The van der Waals surface area contributed by atoms with E-state index in [4.69, 9.17) is 9.15 Å². The van der Waals surface area contributed by atoms with Gasteiger partial charge < -0.3 is 24.7 Å². The number of carbonyl (C=O) groups excluding carboxylic acids is 2. The Bertz CT molecular complexity index is 740. The summed E-state index contributed by atoms with van der Waals surface area (Å²) in [5, 5.41) is 6.02. The molecule has 3 heterocycles. The van der Waals surface area contributed by atoms with E-state index in [9.17, 15) is 9.59 Å². The maximum absolute atomic E-state index is 12.1. The van der Waals surface area contributed by atoms with Gasteiger partial charge in [-0.05, 0) is 31.9 Å². The van der Waals surface area contributed by atoms with E-state index in [0.29, 0.717) is 37.8 Å². The first kappa shape index (κ1) is 18.7. The van der Waals surface area contributed by atoms with Crippen LogP contribution in [0.15, 0.2) is 35.2 Å². The lowest BCUT2D eigenvalue weighted by atomic mass is 10.1. The van der Waals surface area contributed by atoms with Gasteiger partial charge in [0.15, 0.2) is 0 Å². The zero-order valence-electron chi connectivity index (χ0n) is 15.2. The summed E-state index contributed by atoms with van der Waals surface area (Å²) in [6, 6.07) is 3.74. The maximum atomic E-state index is 12.1. The minimum atomic E-state index is -0.312. The molecule has 2 aromatic rings. The fourth-order valence-corrected chi connectivity index (χ4v) is 2.82. The molecule has 3 rings (SSSR count). The van der Waals surface area contributed by atoms with Crippen molar-refractivity contribution in [3.8, 4) is 0 Å². The molecule has 2 amide bonds. The number of carbonyl (C=O) groups is 2. The standard InChI is InChI=1S/C18H23N5O4/c1-2-26-18(25)23-7-5-13(6-8-23)22-16-12-19-15(11-20-16)17(24)21-10-14-4-3-9-27-14/h3-4,9,11-13H,2,5-8,10H2,1H3,(H,20,22)(H,21,24). The minimum Gasteiger partial charge on any atom is -0.467 e. The van der Waals surface area contributed by atoms with Crippen LogP contribution < -0.4 is 10.6 Å². The van der Waals surface area contributed by atoms with Crippen molar-refractivity contribution in [2.45, 2.75) is 32.4 Å². The van der Waals surface area contributed by atoms with Gasteiger partial charge in [-0.25, -0.2) is 14.8 Å². The second-order valence-corrected chi connectivity index (χ2v) is 6.15. The summed E-state index contributed by atoms with van der Waals surface area (Å²) in [5.74, 6) is 0.962. The van der Waals surface area contributed by atoms with E-state index in [2.05, 4.69) is 20.6 Å². The summed E-state index contributed by atoms with van der Waals surface area (Å²) in [6.45, 7) is 3.75. The highest BCUT2D eigenvalue weighted by Crippen LogP contribution is 2.15. The lowest BCUT2D eigenvalue weighted by Gasteiger charge is -2.31. The summed E-state index contributed by atoms with van der Waals surface area (Å²) in [5.41, 5.74) is 0.240. The van der Waals surface area contributed by atoms with E-state index < -0.39 is 0 Å². The highest BCUT2D eigenvalue weighted by Gasteiger charge is 2.23. The van der Waals surface area contributed by atoms with Gasteiger partial charge in [0, 0.05) is 19.1 Å². The SMILES string of the molecule is CCOC(=O)N1CCC(Nc2cnc(C(=O)NCc3ccco3)cn2)CC1. The van der Waals surface area contributed by atoms with Gasteiger partial charge in [0.05, 0.1) is 31.8 Å². The third-order valence-electron chi connectivity index (χ3n) is 4.26. The molecule has 0 radical (unpaired) electrons. The Hall–Kier alpha value is -3.10. The Kier molecular flexibility index (Phi) is 6.24. The van der Waals surface area contributed by atoms with Crippen LogP contribution in [0.1, 0.15) is 36.0 Å². The fourth-order valence-electron chi connectivity index (χ4n) is 2.82. The van der Waals surface area contributed by atoms with Crippen molar-refractivity contribution >= 4 is 17.8 Å². The normalized spacial score (nSPS) is 14.6. The predicted octanol–water partition coefficient (Wildman–Crippen LogP) is 2.03. The number of furan rings is 1. The van der Waals surface area contributed by atoms with E-state index in [1.54, 1.807) is 36.4 Å². The second-order valence-electron chi connectivity index (χ2n) is 6.15. The Morgan fingerprint density at radius 2 is 2.11 bits per heavy atom. The number of ether oxygens (including phenoxy) is 1. The summed E-state index contributed by atoms with van der Waals surface area (Å²) in [6.07, 6.45) is 5.87. The molecule has 27 heavy (non-hydrogen) atoms. The maximum Gasteiger partial charge on any atom is 0.409 e. The first-order chi connectivity index (χ1) is 13.2. The molecule has 0 atom stereocenters. The number of hydrogen-bond donors (Lipinski definition) is 2. The molecule has 0 spiro atoms. The number of piperidine rings is 1. The zero-order chi connectivity index (χ0) is 19.1. The summed E-state index contributed by atoms with van der Waals surface area (Å²) < 4.78 is 10.2. The number of aromatic nitrogens is 2. The molecule has 9 nitrogen and oxygen atoms in total. The molecule has 2 aromatic heterocycles. The Morgan fingerprint density at radius 1 is 1.30 bits per heavy atom. The van der Waals surface area contributed by atoms with Gasteiger partial charge in [-0.1, -0.05) is 0 Å². The predicted molar refractivity (Wildman–Crippen MR) is 97.1 cm³/mol. The second kappa shape index (κ2) is 9.02. The van der Waals surface area contributed by atoms with E-state index in [-0.39, 0.29) is 23.7 Å². The average Bonchev–Trinajstić information content (AvgIpc) is 3.21. The van der Waals surface area contributed by atoms with Gasteiger partial charge in [0.25, 0.3) is 5.91 Å². The Morgan fingerprint density at radius 3 is 2.74 bits per heavy atom. The smallest absolute Gasteiger partial charge is 0.409 e. The van der Waals surface area contributed by atoms with Gasteiger partial charge >= 0.3 is 6.09 Å². The number of nitrogens with zero attached hydrogens (tertiary/aromatic N) is 3. The molecule has 9 heteroatoms. The Balaban J connectivity index is 1.45. The number of rotatable bonds is 6. The van der Waals surface area contributed by atoms with Crippen LogP contribution in [0.5, 0.6) is 0 Å². The van der Waals surface area contributed by atoms with Crippen LogP contribution in [0.4, 0.5) is 10.6 Å². The summed E-state index contributed by atoms with van der Waals surface area (Å²) in [7, 11) is 0. The number of anilines is 1. The quantitative estimate of drug-likeness (QED) is 0.797. The molecular weight excluding hydrogens is 350 g/mol. The van der Waals surface area contributed by atoms with Gasteiger partial charge in [-0.3, -0.25) is 4.79 Å². The highest BCUT2D eigenvalue weighted by atomic mass is 16.6. The average molecular weight is 373 g/mol. The molecule has 1 fully saturated rings. The first-order valence-electron chi connectivity index (χ1n) is 8.96. The van der Waals surface area contributed by atoms with Crippen molar-refractivity contribution in [2.75, 3.05) is 25.0 Å². The van der Waals surface area contributed by atoms with E-state index in [1.807, 2.05) is 0 Å². The molecule has 1 saturated heterocycles. The van der Waals surface area contributed by atoms with Crippen molar-refractivity contribution < 1.29 is 18.7 Å². The number of hydrogen-bond acceptors (Lipinski definition) is 7. The molecule has 0 unspecified atom stereocenters. The van der Waals surface area contributed by atoms with Crippen molar-refractivity contribution in [2.24, 2.45) is 0 Å². The van der Waals surface area contributed by atoms with Crippen LogP contribution in [0.3, 0.4) is 0 Å². The fraction of sp³-hybridized carbons (Fsp3) is 0.444. The van der Waals surface area contributed by atoms with E-state index in [1.165, 1.54) is 6.20 Å². The van der Waals surface area contributed by atoms with Crippen LogP contribution in [0.2, 0.25) is 0 Å².